The van der Waals surface area contributed by atoms with E-state index >= 15 is 0 Å². The zero-order chi connectivity index (χ0) is 8.20. The average Bonchev–Trinajstić information content (AvgIpc) is 1.59. The van der Waals surface area contributed by atoms with E-state index < -0.39 is 5.95 Å². The van der Waals surface area contributed by atoms with Crippen LogP contribution in [0.1, 0.15) is 33.6 Å². The Kier molecular flexibility index (Phi) is 3.26. The summed E-state index contributed by atoms with van der Waals surface area (Å²) in [5, 5.41) is 16.7. The maximum Gasteiger partial charge on any atom is 0.269 e. The highest BCUT2D eigenvalue weighted by molar-refractivity contribution is 4.80. The minimum absolute atomic E-state index is 0.270. The van der Waals surface area contributed by atoms with Crippen LogP contribution in [0.4, 0.5) is 0 Å². The molecule has 0 saturated heterocycles. The summed E-state index contributed by atoms with van der Waals surface area (Å²) >= 11 is 0. The topological polar surface area (TPSA) is 40.5 Å². The van der Waals surface area contributed by atoms with Crippen LogP contribution in [0.5, 0.6) is 0 Å². The molecule has 0 aliphatic rings. The third kappa shape index (κ3) is 7.34. The lowest BCUT2D eigenvalue weighted by atomic mass is 9.91. The Morgan fingerprint density at radius 2 is 1.80 bits per heavy atom. The third-order valence-electron chi connectivity index (χ3n) is 1.22. The van der Waals surface area contributed by atoms with Gasteiger partial charge in [0.1, 0.15) is 0 Å². The van der Waals surface area contributed by atoms with Crippen LogP contribution < -0.4 is 0 Å². The molecule has 0 spiro atoms. The van der Waals surface area contributed by atoms with Crippen molar-refractivity contribution in [2.45, 2.75) is 33.6 Å². The number of aliphatic hydroxyl groups excluding tert-OH is 1. The van der Waals surface area contributed by atoms with Crippen LogP contribution in [0.25, 0.3) is 0 Å². The van der Waals surface area contributed by atoms with Crippen molar-refractivity contribution in [2.24, 2.45) is 5.41 Å². The van der Waals surface area contributed by atoms with Gasteiger partial charge >= 0.3 is 0 Å². The Morgan fingerprint density at radius 1 is 1.30 bits per heavy atom. The van der Waals surface area contributed by atoms with Crippen LogP contribution in [0.15, 0.2) is 12.0 Å². The van der Waals surface area contributed by atoms with Crippen molar-refractivity contribution in [3.05, 3.63) is 12.0 Å². The Balaban J connectivity index is 3.47. The summed E-state index contributed by atoms with van der Waals surface area (Å²) in [6.07, 6.45) is 3.12. The van der Waals surface area contributed by atoms with Crippen LogP contribution in [-0.4, -0.2) is 10.2 Å². The van der Waals surface area contributed by atoms with Gasteiger partial charge in [-0.3, -0.25) is 0 Å². The monoisotopic (exact) mass is 144 g/mol. The Bertz CT molecular complexity index is 116. The van der Waals surface area contributed by atoms with Crippen molar-refractivity contribution < 1.29 is 10.2 Å². The number of allylic oxidation sites excluding steroid dienone is 1. The molecular formula is C8H16O2. The lowest BCUT2D eigenvalue weighted by Crippen LogP contribution is -2.03. The van der Waals surface area contributed by atoms with Crippen LogP contribution in [0.2, 0.25) is 0 Å². The molecule has 0 atom stereocenters. The van der Waals surface area contributed by atoms with Gasteiger partial charge in [0.2, 0.25) is 0 Å². The molecule has 0 aliphatic heterocycles. The van der Waals surface area contributed by atoms with Gasteiger partial charge < -0.3 is 10.2 Å². The predicted octanol–water partition coefficient (Wildman–Crippen LogP) is 2.77. The number of hydrogen-bond acceptors (Lipinski definition) is 2. The Labute approximate surface area is 62.2 Å². The fourth-order valence-corrected chi connectivity index (χ4v) is 0.634. The zero-order valence-corrected chi connectivity index (χ0v) is 6.89. The predicted molar refractivity (Wildman–Crippen MR) is 42.0 cm³/mol. The fourth-order valence-electron chi connectivity index (χ4n) is 0.634. The van der Waals surface area contributed by atoms with Crippen molar-refractivity contribution in [2.75, 3.05) is 0 Å². The average molecular weight is 144 g/mol. The van der Waals surface area contributed by atoms with E-state index in [9.17, 15) is 0 Å². The minimum atomic E-state index is -0.566. The van der Waals surface area contributed by atoms with Crippen molar-refractivity contribution >= 4 is 0 Å². The van der Waals surface area contributed by atoms with Gasteiger partial charge in [-0.2, -0.15) is 0 Å². The molecule has 2 N–H and O–H groups in total. The summed E-state index contributed by atoms with van der Waals surface area (Å²) in [5.41, 5.74) is 0.270. The molecule has 0 fully saturated rings. The molecule has 0 aromatic heterocycles. The van der Waals surface area contributed by atoms with Gasteiger partial charge in [-0.05, 0) is 24.3 Å². The highest BCUT2D eigenvalue weighted by Gasteiger charge is 2.07. The number of hydrogen-bond donors (Lipinski definition) is 2. The Hall–Kier alpha value is -0.660. The maximum atomic E-state index is 8.37. The molecule has 10 heavy (non-hydrogen) atoms. The van der Waals surface area contributed by atoms with Gasteiger partial charge in [-0.25, -0.2) is 0 Å². The molecule has 2 nitrogen and oxygen atoms in total. The van der Waals surface area contributed by atoms with Crippen molar-refractivity contribution in [1.82, 2.24) is 0 Å². The summed E-state index contributed by atoms with van der Waals surface area (Å²) in [4.78, 5) is 0. The molecular weight excluding hydrogens is 128 g/mol. The number of aliphatic hydroxyl groups is 2. The van der Waals surface area contributed by atoms with Crippen LogP contribution in [0, 0.1) is 5.41 Å². The zero-order valence-electron chi connectivity index (χ0n) is 6.89. The summed E-state index contributed by atoms with van der Waals surface area (Å²) in [6, 6.07) is 0. The highest BCUT2D eigenvalue weighted by Crippen LogP contribution is 2.20. The van der Waals surface area contributed by atoms with Gasteiger partial charge in [0.15, 0.2) is 0 Å². The van der Waals surface area contributed by atoms with Crippen molar-refractivity contribution in [1.29, 1.82) is 0 Å². The molecule has 2 heteroatoms. The van der Waals surface area contributed by atoms with Crippen LogP contribution in [-0.2, 0) is 0 Å². The standard InChI is InChI=1S/C8H16O2/c1-8(2,3)6-4-5-7(9)10/h5,9-10H,4,6H2,1-3H3. The summed E-state index contributed by atoms with van der Waals surface area (Å²) < 4.78 is 0. The van der Waals surface area contributed by atoms with E-state index in [0.717, 1.165) is 12.8 Å². The molecule has 0 rings (SSSR count). The summed E-state index contributed by atoms with van der Waals surface area (Å²) in [6.45, 7) is 6.36. The van der Waals surface area contributed by atoms with E-state index in [2.05, 4.69) is 20.8 Å². The molecule has 0 aliphatic carbocycles. The lowest BCUT2D eigenvalue weighted by Gasteiger charge is -2.15. The normalized spacial score (nSPS) is 11.1. The highest BCUT2D eigenvalue weighted by atomic mass is 16.5. The minimum Gasteiger partial charge on any atom is -0.481 e. The molecule has 0 bridgehead atoms. The SMILES string of the molecule is CC(C)(C)CCC=C(O)O. The molecule has 0 aromatic rings. The largest absolute Gasteiger partial charge is 0.481 e. The van der Waals surface area contributed by atoms with Crippen molar-refractivity contribution in [3.63, 3.8) is 0 Å². The first kappa shape index (κ1) is 9.34. The van der Waals surface area contributed by atoms with Crippen molar-refractivity contribution in [3.8, 4) is 0 Å². The first-order chi connectivity index (χ1) is 4.42. The molecule has 0 saturated carbocycles. The van der Waals surface area contributed by atoms with Gasteiger partial charge in [-0.1, -0.05) is 20.8 Å². The van der Waals surface area contributed by atoms with E-state index in [1.165, 1.54) is 6.08 Å². The molecule has 0 heterocycles. The van der Waals surface area contributed by atoms with E-state index in [1.807, 2.05) is 0 Å². The van der Waals surface area contributed by atoms with E-state index in [1.54, 1.807) is 0 Å². The Morgan fingerprint density at radius 3 is 2.10 bits per heavy atom. The smallest absolute Gasteiger partial charge is 0.269 e. The molecule has 0 radical (unpaired) electrons. The first-order valence-corrected chi connectivity index (χ1v) is 3.50. The second-order valence-electron chi connectivity index (χ2n) is 3.66. The van der Waals surface area contributed by atoms with Gasteiger partial charge in [0.25, 0.3) is 5.95 Å². The lowest BCUT2D eigenvalue weighted by molar-refractivity contribution is 0.188. The van der Waals surface area contributed by atoms with Crippen LogP contribution in [0.3, 0.4) is 0 Å². The second kappa shape index (κ2) is 3.49. The second-order valence-corrected chi connectivity index (χ2v) is 3.66. The maximum absolute atomic E-state index is 8.37. The fraction of sp³-hybridized carbons (Fsp3) is 0.750. The first-order valence-electron chi connectivity index (χ1n) is 3.50. The third-order valence-corrected chi connectivity index (χ3v) is 1.22. The van der Waals surface area contributed by atoms with Crippen LogP contribution >= 0.6 is 0 Å². The van der Waals surface area contributed by atoms with Gasteiger partial charge in [0, 0.05) is 0 Å². The number of rotatable bonds is 2. The molecule has 0 aromatic carbocycles. The van der Waals surface area contributed by atoms with E-state index in [0.29, 0.717) is 0 Å². The van der Waals surface area contributed by atoms with E-state index in [-0.39, 0.29) is 5.41 Å². The molecule has 0 unspecified atom stereocenters. The summed E-state index contributed by atoms with van der Waals surface area (Å²) in [5.74, 6) is -0.566. The molecule has 60 valence electrons. The quantitative estimate of drug-likeness (QED) is 0.585. The summed E-state index contributed by atoms with van der Waals surface area (Å²) in [7, 11) is 0. The molecule has 0 amide bonds. The van der Waals surface area contributed by atoms with Gasteiger partial charge in [0.05, 0.1) is 0 Å². The van der Waals surface area contributed by atoms with E-state index in [4.69, 9.17) is 10.2 Å². The van der Waals surface area contributed by atoms with Gasteiger partial charge in [-0.15, -0.1) is 0 Å².